The number of hydrogen-bond acceptors (Lipinski definition) is 5. The van der Waals surface area contributed by atoms with E-state index in [1.54, 1.807) is 0 Å². The Labute approximate surface area is 168 Å². The first-order chi connectivity index (χ1) is 13.7. The first-order valence-electron chi connectivity index (χ1n) is 9.06. The molecule has 3 N–H and O–H groups in total. The van der Waals surface area contributed by atoms with Gasteiger partial charge in [0.25, 0.3) is 0 Å². The minimum atomic E-state index is 0.470. The summed E-state index contributed by atoms with van der Waals surface area (Å²) in [5.41, 5.74) is 8.73. The zero-order valence-electron chi connectivity index (χ0n) is 15.4. The van der Waals surface area contributed by atoms with E-state index in [2.05, 4.69) is 51.4 Å². The van der Waals surface area contributed by atoms with Crippen LogP contribution in [0.1, 0.15) is 6.92 Å². The number of rotatable bonds is 5. The Morgan fingerprint density at radius 2 is 1.71 bits per heavy atom. The van der Waals surface area contributed by atoms with Gasteiger partial charge in [-0.15, -0.1) is 0 Å². The molecule has 0 saturated carbocycles. The molecule has 3 aromatic carbocycles. The molecule has 0 amide bonds. The number of benzene rings is 3. The van der Waals surface area contributed by atoms with Gasteiger partial charge in [0.05, 0.1) is 16.4 Å². The zero-order chi connectivity index (χ0) is 19.5. The molecule has 0 aliphatic rings. The summed E-state index contributed by atoms with van der Waals surface area (Å²) in [6, 6.07) is 22.0. The summed E-state index contributed by atoms with van der Waals surface area (Å²) in [6.45, 7) is 2.78. The first kappa shape index (κ1) is 18.1. The van der Waals surface area contributed by atoms with Gasteiger partial charge >= 0.3 is 0 Å². The third kappa shape index (κ3) is 3.32. The highest BCUT2D eigenvalue weighted by molar-refractivity contribution is 6.33. The van der Waals surface area contributed by atoms with Crippen molar-refractivity contribution in [3.05, 3.63) is 78.1 Å². The van der Waals surface area contributed by atoms with Crippen molar-refractivity contribution in [1.29, 1.82) is 0 Å². The van der Waals surface area contributed by atoms with Gasteiger partial charge in [0, 0.05) is 11.9 Å². The lowest BCUT2D eigenvalue weighted by Gasteiger charge is -2.25. The monoisotopic (exact) mass is 389 g/mol. The SMILES string of the molecule is CCN(c1ncnc(Nc2ccccc2Cl)c1N)c1cccc2ccccc12. The number of anilines is 5. The molecule has 0 unspecified atom stereocenters. The Hall–Kier alpha value is -3.31. The second kappa shape index (κ2) is 7.74. The van der Waals surface area contributed by atoms with Gasteiger partial charge < -0.3 is 16.0 Å². The highest BCUT2D eigenvalue weighted by Gasteiger charge is 2.18. The Bertz CT molecular complexity index is 1120. The Morgan fingerprint density at radius 1 is 0.964 bits per heavy atom. The molecule has 0 bridgehead atoms. The summed E-state index contributed by atoms with van der Waals surface area (Å²) in [6.07, 6.45) is 1.51. The normalized spacial score (nSPS) is 10.8. The third-order valence-corrected chi connectivity index (χ3v) is 4.95. The molecule has 0 aliphatic carbocycles. The summed E-state index contributed by atoms with van der Waals surface area (Å²) in [5, 5.41) is 6.13. The number of nitrogens with two attached hydrogens (primary N) is 1. The molecule has 0 saturated heterocycles. The average molecular weight is 390 g/mol. The molecule has 140 valence electrons. The van der Waals surface area contributed by atoms with Crippen molar-refractivity contribution in [2.24, 2.45) is 0 Å². The molecular weight excluding hydrogens is 370 g/mol. The molecule has 5 nitrogen and oxygen atoms in total. The molecule has 28 heavy (non-hydrogen) atoms. The number of halogens is 1. The van der Waals surface area contributed by atoms with Gasteiger partial charge in [0.15, 0.2) is 11.6 Å². The van der Waals surface area contributed by atoms with Gasteiger partial charge in [-0.25, -0.2) is 9.97 Å². The third-order valence-electron chi connectivity index (χ3n) is 4.62. The van der Waals surface area contributed by atoms with Gasteiger partial charge in [-0.3, -0.25) is 0 Å². The van der Waals surface area contributed by atoms with E-state index in [1.165, 1.54) is 11.7 Å². The van der Waals surface area contributed by atoms with Crippen molar-refractivity contribution in [3.63, 3.8) is 0 Å². The van der Waals surface area contributed by atoms with Crippen LogP contribution in [0.3, 0.4) is 0 Å². The molecule has 6 heteroatoms. The van der Waals surface area contributed by atoms with Crippen molar-refractivity contribution < 1.29 is 0 Å². The minimum Gasteiger partial charge on any atom is -0.393 e. The van der Waals surface area contributed by atoms with Crippen LogP contribution in [0.5, 0.6) is 0 Å². The molecule has 4 aromatic rings. The number of fused-ring (bicyclic) bond motifs is 1. The number of hydrogen-bond donors (Lipinski definition) is 2. The predicted molar refractivity (Wildman–Crippen MR) is 118 cm³/mol. The van der Waals surface area contributed by atoms with Crippen LogP contribution in [0, 0.1) is 0 Å². The van der Waals surface area contributed by atoms with Crippen LogP contribution < -0.4 is 16.0 Å². The van der Waals surface area contributed by atoms with Gasteiger partial charge in [-0.05, 0) is 30.5 Å². The fourth-order valence-electron chi connectivity index (χ4n) is 3.27. The average Bonchev–Trinajstić information content (AvgIpc) is 2.73. The second-order valence-electron chi connectivity index (χ2n) is 6.31. The lowest BCUT2D eigenvalue weighted by atomic mass is 10.1. The lowest BCUT2D eigenvalue weighted by molar-refractivity contribution is 0.985. The highest BCUT2D eigenvalue weighted by atomic mass is 35.5. The number of para-hydroxylation sites is 1. The Kier molecular flexibility index (Phi) is 5.00. The summed E-state index contributed by atoms with van der Waals surface area (Å²) >= 11 is 6.26. The first-order valence-corrected chi connectivity index (χ1v) is 9.44. The van der Waals surface area contributed by atoms with Crippen LogP contribution in [-0.4, -0.2) is 16.5 Å². The van der Waals surface area contributed by atoms with Crippen molar-refractivity contribution in [2.45, 2.75) is 6.92 Å². The zero-order valence-corrected chi connectivity index (χ0v) is 16.2. The molecule has 0 fully saturated rings. The maximum Gasteiger partial charge on any atom is 0.161 e. The van der Waals surface area contributed by atoms with E-state index in [0.717, 1.165) is 16.8 Å². The minimum absolute atomic E-state index is 0.470. The van der Waals surface area contributed by atoms with Gasteiger partial charge in [0.2, 0.25) is 0 Å². The highest BCUT2D eigenvalue weighted by Crippen LogP contribution is 2.37. The second-order valence-corrected chi connectivity index (χ2v) is 6.71. The van der Waals surface area contributed by atoms with Crippen LogP contribution in [0.2, 0.25) is 5.02 Å². The summed E-state index contributed by atoms with van der Waals surface area (Å²) in [5.74, 6) is 1.18. The topological polar surface area (TPSA) is 67.1 Å². The van der Waals surface area contributed by atoms with Crippen molar-refractivity contribution in [3.8, 4) is 0 Å². The van der Waals surface area contributed by atoms with Gasteiger partial charge in [-0.1, -0.05) is 60.1 Å². The van der Waals surface area contributed by atoms with E-state index >= 15 is 0 Å². The molecule has 4 rings (SSSR count). The fourth-order valence-corrected chi connectivity index (χ4v) is 3.45. The lowest BCUT2D eigenvalue weighted by Crippen LogP contribution is -2.20. The van der Waals surface area contributed by atoms with Gasteiger partial charge in [-0.2, -0.15) is 0 Å². The molecular formula is C22H20ClN5. The van der Waals surface area contributed by atoms with E-state index < -0.39 is 0 Å². The quantitative estimate of drug-likeness (QED) is 0.453. The number of nitrogens with one attached hydrogen (secondary N) is 1. The van der Waals surface area contributed by atoms with Crippen LogP contribution in [0.4, 0.5) is 28.7 Å². The van der Waals surface area contributed by atoms with Crippen molar-refractivity contribution in [1.82, 2.24) is 9.97 Å². The number of nitrogen functional groups attached to an aromatic ring is 1. The van der Waals surface area contributed by atoms with Crippen molar-refractivity contribution >= 4 is 51.1 Å². The molecule has 0 aliphatic heterocycles. The maximum atomic E-state index is 6.47. The van der Waals surface area contributed by atoms with E-state index in [4.69, 9.17) is 17.3 Å². The predicted octanol–water partition coefficient (Wildman–Crippen LogP) is 5.77. The smallest absolute Gasteiger partial charge is 0.161 e. The molecule has 1 heterocycles. The van der Waals surface area contributed by atoms with Crippen LogP contribution in [0.25, 0.3) is 10.8 Å². The standard InChI is InChI=1S/C22H20ClN5/c1-2-28(19-13-7-9-15-8-3-4-10-16(15)19)22-20(24)21(25-14-26-22)27-18-12-6-5-11-17(18)23/h3-14H,2,24H2,1H3,(H,25,26,27). The molecule has 0 radical (unpaired) electrons. The summed E-state index contributed by atoms with van der Waals surface area (Å²) in [4.78, 5) is 10.9. The van der Waals surface area contributed by atoms with Crippen molar-refractivity contribution in [2.75, 3.05) is 22.5 Å². The summed E-state index contributed by atoms with van der Waals surface area (Å²) < 4.78 is 0. The fraction of sp³-hybridized carbons (Fsp3) is 0.0909. The maximum absolute atomic E-state index is 6.47. The van der Waals surface area contributed by atoms with E-state index in [1.807, 2.05) is 42.5 Å². The van der Waals surface area contributed by atoms with E-state index in [9.17, 15) is 0 Å². The molecule has 0 atom stereocenters. The molecule has 0 spiro atoms. The summed E-state index contributed by atoms with van der Waals surface area (Å²) in [7, 11) is 0. The molecule has 1 aromatic heterocycles. The van der Waals surface area contributed by atoms with Crippen LogP contribution >= 0.6 is 11.6 Å². The number of nitrogens with zero attached hydrogens (tertiary/aromatic N) is 3. The Balaban J connectivity index is 1.78. The van der Waals surface area contributed by atoms with Crippen LogP contribution in [0.15, 0.2) is 73.1 Å². The number of aromatic nitrogens is 2. The van der Waals surface area contributed by atoms with E-state index in [-0.39, 0.29) is 0 Å². The van der Waals surface area contributed by atoms with E-state index in [0.29, 0.717) is 28.9 Å². The largest absolute Gasteiger partial charge is 0.393 e. The van der Waals surface area contributed by atoms with Crippen LogP contribution in [-0.2, 0) is 0 Å². The Morgan fingerprint density at radius 3 is 2.54 bits per heavy atom. The van der Waals surface area contributed by atoms with Gasteiger partial charge in [0.1, 0.15) is 12.0 Å².